The number of para-hydroxylation sites is 1. The fraction of sp³-hybridized carbons (Fsp3) is 0.250. The molecule has 1 heterocycles. The van der Waals surface area contributed by atoms with E-state index in [1.165, 1.54) is 6.20 Å². The Hall–Kier alpha value is -1.63. The van der Waals surface area contributed by atoms with Crippen molar-refractivity contribution < 1.29 is 23.1 Å². The number of H-pyrrole nitrogens is 1. The Morgan fingerprint density at radius 2 is 2.05 bits per heavy atom. The van der Waals surface area contributed by atoms with Crippen LogP contribution in [0.5, 0.6) is 0 Å². The van der Waals surface area contributed by atoms with E-state index in [0.717, 1.165) is 0 Å². The van der Waals surface area contributed by atoms with Crippen LogP contribution < -0.4 is 0 Å². The number of fused-ring (bicyclic) bond motifs is 1. The van der Waals surface area contributed by atoms with Crippen molar-refractivity contribution in [3.05, 3.63) is 36.0 Å². The van der Waals surface area contributed by atoms with E-state index in [2.05, 4.69) is 4.98 Å². The van der Waals surface area contributed by atoms with Crippen molar-refractivity contribution in [1.82, 2.24) is 4.98 Å². The first-order valence-electron chi connectivity index (χ1n) is 5.35. The molecule has 0 amide bonds. The summed E-state index contributed by atoms with van der Waals surface area (Å²) in [5.74, 6) is -1.86. The number of hydrogen-bond donors (Lipinski definition) is 2. The molecule has 1 unspecified atom stereocenters. The molecule has 2 rings (SSSR count). The average Bonchev–Trinajstić information content (AvgIpc) is 2.71. The van der Waals surface area contributed by atoms with Crippen molar-refractivity contribution >= 4 is 28.6 Å². The van der Waals surface area contributed by atoms with Gasteiger partial charge in [-0.1, -0.05) is 18.2 Å². The molecule has 0 bridgehead atoms. The standard InChI is InChI=1S/C12H10F3NO2S/c13-12(14,15)11(19-6-10(17)18)8-5-16-9-4-2-1-3-7(8)9/h1-5,11,16H,6H2,(H,17,18). The molecule has 2 N–H and O–H groups in total. The van der Waals surface area contributed by atoms with E-state index in [0.29, 0.717) is 22.7 Å². The summed E-state index contributed by atoms with van der Waals surface area (Å²) >= 11 is 0.365. The Balaban J connectivity index is 2.40. The van der Waals surface area contributed by atoms with Crippen LogP contribution in [0.2, 0.25) is 0 Å². The van der Waals surface area contributed by atoms with Gasteiger partial charge in [0.15, 0.2) is 0 Å². The van der Waals surface area contributed by atoms with Crippen LogP contribution in [0.15, 0.2) is 30.5 Å². The van der Waals surface area contributed by atoms with Crippen molar-refractivity contribution in [3.8, 4) is 0 Å². The first-order valence-corrected chi connectivity index (χ1v) is 6.40. The third kappa shape index (κ3) is 3.04. The highest BCUT2D eigenvalue weighted by Crippen LogP contribution is 2.45. The molecule has 102 valence electrons. The lowest BCUT2D eigenvalue weighted by Crippen LogP contribution is -2.19. The van der Waals surface area contributed by atoms with Crippen LogP contribution in [-0.4, -0.2) is 28.0 Å². The molecule has 0 radical (unpaired) electrons. The number of aromatic nitrogens is 1. The van der Waals surface area contributed by atoms with Crippen molar-refractivity contribution in [2.45, 2.75) is 11.4 Å². The Labute approximate surface area is 110 Å². The smallest absolute Gasteiger partial charge is 0.404 e. The summed E-state index contributed by atoms with van der Waals surface area (Å²) in [4.78, 5) is 13.2. The van der Waals surface area contributed by atoms with E-state index in [9.17, 15) is 18.0 Å². The van der Waals surface area contributed by atoms with E-state index in [1.807, 2.05) is 0 Å². The van der Waals surface area contributed by atoms with Gasteiger partial charge in [0.05, 0.1) is 5.75 Å². The zero-order valence-corrected chi connectivity index (χ0v) is 10.4. The highest BCUT2D eigenvalue weighted by molar-refractivity contribution is 8.00. The van der Waals surface area contributed by atoms with Gasteiger partial charge in [-0.3, -0.25) is 4.79 Å². The first kappa shape index (κ1) is 13.8. The molecule has 0 fully saturated rings. The zero-order valence-electron chi connectivity index (χ0n) is 9.57. The first-order chi connectivity index (χ1) is 8.89. The number of aromatic amines is 1. The molecule has 0 spiro atoms. The van der Waals surface area contributed by atoms with E-state index in [1.54, 1.807) is 24.3 Å². The van der Waals surface area contributed by atoms with E-state index < -0.39 is 23.1 Å². The van der Waals surface area contributed by atoms with Crippen LogP contribution in [0.4, 0.5) is 13.2 Å². The molecule has 19 heavy (non-hydrogen) atoms. The summed E-state index contributed by atoms with van der Waals surface area (Å²) in [5.41, 5.74) is 0.664. The minimum absolute atomic E-state index is 0.0642. The summed E-state index contributed by atoms with van der Waals surface area (Å²) in [6.45, 7) is 0. The van der Waals surface area contributed by atoms with Crippen LogP contribution in [0, 0.1) is 0 Å². The van der Waals surface area contributed by atoms with Crippen molar-refractivity contribution in [1.29, 1.82) is 0 Å². The Morgan fingerprint density at radius 1 is 1.37 bits per heavy atom. The van der Waals surface area contributed by atoms with Gasteiger partial charge in [0.1, 0.15) is 5.25 Å². The van der Waals surface area contributed by atoms with Gasteiger partial charge in [-0.2, -0.15) is 13.2 Å². The van der Waals surface area contributed by atoms with Crippen LogP contribution in [0.25, 0.3) is 10.9 Å². The largest absolute Gasteiger partial charge is 0.481 e. The number of benzene rings is 1. The molecular weight excluding hydrogens is 279 g/mol. The van der Waals surface area contributed by atoms with Crippen molar-refractivity contribution in [3.63, 3.8) is 0 Å². The number of halogens is 3. The van der Waals surface area contributed by atoms with Crippen LogP contribution in [-0.2, 0) is 4.79 Å². The summed E-state index contributed by atoms with van der Waals surface area (Å²) in [5, 5.41) is 7.16. The predicted molar refractivity (Wildman–Crippen MR) is 67.2 cm³/mol. The Kier molecular flexibility index (Phi) is 3.75. The van der Waals surface area contributed by atoms with Gasteiger partial charge in [0.25, 0.3) is 0 Å². The maximum atomic E-state index is 13.0. The summed E-state index contributed by atoms with van der Waals surface area (Å²) in [6, 6.07) is 6.62. The highest BCUT2D eigenvalue weighted by atomic mass is 32.2. The third-order valence-corrected chi connectivity index (χ3v) is 3.84. The van der Waals surface area contributed by atoms with Gasteiger partial charge in [-0.15, -0.1) is 11.8 Å². The predicted octanol–water partition coefficient (Wildman–Crippen LogP) is 3.59. The van der Waals surface area contributed by atoms with Gasteiger partial charge >= 0.3 is 12.1 Å². The average molecular weight is 289 g/mol. The van der Waals surface area contributed by atoms with E-state index >= 15 is 0 Å². The molecule has 1 atom stereocenters. The maximum Gasteiger partial charge on any atom is 0.404 e. The fourth-order valence-electron chi connectivity index (χ4n) is 1.83. The third-order valence-electron chi connectivity index (χ3n) is 2.57. The molecule has 1 aromatic heterocycles. The summed E-state index contributed by atoms with van der Waals surface area (Å²) in [7, 11) is 0. The second-order valence-corrected chi connectivity index (χ2v) is 5.01. The molecule has 0 aliphatic carbocycles. The molecule has 0 saturated carbocycles. The number of thioether (sulfide) groups is 1. The summed E-state index contributed by atoms with van der Waals surface area (Å²) in [6.07, 6.45) is -3.21. The number of nitrogens with one attached hydrogen (secondary N) is 1. The molecule has 0 saturated heterocycles. The lowest BCUT2D eigenvalue weighted by Gasteiger charge is -2.18. The number of carboxylic acid groups (broad SMARTS) is 1. The maximum absolute atomic E-state index is 13.0. The van der Waals surface area contributed by atoms with Gasteiger partial charge in [0, 0.05) is 17.1 Å². The van der Waals surface area contributed by atoms with Gasteiger partial charge in [0.2, 0.25) is 0 Å². The van der Waals surface area contributed by atoms with Gasteiger partial charge < -0.3 is 10.1 Å². The van der Waals surface area contributed by atoms with Crippen LogP contribution >= 0.6 is 11.8 Å². The van der Waals surface area contributed by atoms with Gasteiger partial charge in [-0.25, -0.2) is 0 Å². The zero-order chi connectivity index (χ0) is 14.0. The number of rotatable bonds is 4. The van der Waals surface area contributed by atoms with Crippen molar-refractivity contribution in [2.75, 3.05) is 5.75 Å². The molecule has 3 nitrogen and oxygen atoms in total. The molecule has 2 aromatic rings. The van der Waals surface area contributed by atoms with Crippen LogP contribution in [0.3, 0.4) is 0 Å². The number of carboxylic acids is 1. The van der Waals surface area contributed by atoms with E-state index in [-0.39, 0.29) is 5.56 Å². The monoisotopic (exact) mass is 289 g/mol. The number of carbonyl (C=O) groups is 1. The quantitative estimate of drug-likeness (QED) is 0.904. The van der Waals surface area contributed by atoms with Crippen LogP contribution in [0.1, 0.15) is 10.8 Å². The lowest BCUT2D eigenvalue weighted by molar-refractivity contribution is -0.134. The second-order valence-electron chi connectivity index (χ2n) is 3.92. The number of aliphatic carboxylic acids is 1. The van der Waals surface area contributed by atoms with Gasteiger partial charge in [-0.05, 0) is 11.6 Å². The molecule has 0 aliphatic rings. The fourth-order valence-corrected chi connectivity index (χ4v) is 2.70. The second kappa shape index (κ2) is 5.16. The summed E-state index contributed by atoms with van der Waals surface area (Å²) < 4.78 is 39.1. The lowest BCUT2D eigenvalue weighted by atomic mass is 10.1. The minimum atomic E-state index is -4.49. The van der Waals surface area contributed by atoms with E-state index in [4.69, 9.17) is 5.11 Å². The number of hydrogen-bond acceptors (Lipinski definition) is 2. The minimum Gasteiger partial charge on any atom is -0.481 e. The van der Waals surface area contributed by atoms with Crippen molar-refractivity contribution in [2.24, 2.45) is 0 Å². The highest BCUT2D eigenvalue weighted by Gasteiger charge is 2.42. The Morgan fingerprint density at radius 3 is 2.68 bits per heavy atom. The molecule has 0 aliphatic heterocycles. The number of alkyl halides is 3. The molecular formula is C12H10F3NO2S. The Bertz CT molecular complexity index is 594. The molecule has 1 aromatic carbocycles. The molecule has 7 heteroatoms. The SMILES string of the molecule is O=C(O)CSC(c1c[nH]c2ccccc12)C(F)(F)F. The normalized spacial score (nSPS) is 13.6. The topological polar surface area (TPSA) is 53.1 Å².